The van der Waals surface area contributed by atoms with Crippen LogP contribution in [0.3, 0.4) is 0 Å². The van der Waals surface area contributed by atoms with Crippen LogP contribution in [0.1, 0.15) is 16.1 Å². The minimum Gasteiger partial charge on any atom is -0.454 e. The lowest BCUT2D eigenvalue weighted by atomic mass is 10.2. The number of para-hydroxylation sites is 1. The van der Waals surface area contributed by atoms with Crippen molar-refractivity contribution in [3.05, 3.63) is 89.9 Å². The number of carbonyl (C=O) groups excluding carboxylic acids is 1. The molecule has 0 unspecified atom stereocenters. The highest BCUT2D eigenvalue weighted by molar-refractivity contribution is 6.04. The Morgan fingerprint density at radius 3 is 2.54 bits per heavy atom. The monoisotopic (exact) mass is 375 g/mol. The molecule has 5 nitrogen and oxygen atoms in total. The second-order valence-corrected chi connectivity index (χ2v) is 6.35. The van der Waals surface area contributed by atoms with Gasteiger partial charge in [-0.05, 0) is 35.9 Å². The molecule has 1 heterocycles. The van der Waals surface area contributed by atoms with E-state index in [2.05, 4.69) is 10.4 Å². The van der Waals surface area contributed by atoms with Crippen molar-refractivity contribution in [2.45, 2.75) is 6.54 Å². The first-order chi connectivity index (χ1) is 13.6. The number of nitrogens with one attached hydrogen (secondary N) is 1. The predicted molar refractivity (Wildman–Crippen MR) is 105 cm³/mol. The molecular formula is C22H18FN3O2. The van der Waals surface area contributed by atoms with E-state index in [1.165, 1.54) is 6.07 Å². The van der Waals surface area contributed by atoms with Crippen LogP contribution in [-0.4, -0.2) is 15.7 Å². The van der Waals surface area contributed by atoms with E-state index < -0.39 is 5.82 Å². The SMILES string of the molecule is Cn1nc2ccccc2c1C(=O)NCc1ccc(Oc2ccccc2F)cc1. The molecule has 3 aromatic carbocycles. The van der Waals surface area contributed by atoms with Crippen LogP contribution in [0.2, 0.25) is 0 Å². The molecule has 0 bridgehead atoms. The number of rotatable bonds is 5. The van der Waals surface area contributed by atoms with Crippen molar-refractivity contribution in [3.63, 3.8) is 0 Å². The maximum absolute atomic E-state index is 13.7. The quantitative estimate of drug-likeness (QED) is 0.561. The van der Waals surface area contributed by atoms with Crippen LogP contribution < -0.4 is 10.1 Å². The van der Waals surface area contributed by atoms with Crippen LogP contribution in [0.15, 0.2) is 72.8 Å². The molecule has 0 aliphatic carbocycles. The Bertz CT molecular complexity index is 1140. The van der Waals surface area contributed by atoms with Gasteiger partial charge in [0.1, 0.15) is 11.4 Å². The highest BCUT2D eigenvalue weighted by Gasteiger charge is 2.15. The number of carbonyl (C=O) groups is 1. The van der Waals surface area contributed by atoms with Gasteiger partial charge in [-0.3, -0.25) is 9.48 Å². The minimum atomic E-state index is -0.415. The van der Waals surface area contributed by atoms with Crippen molar-refractivity contribution in [1.29, 1.82) is 0 Å². The highest BCUT2D eigenvalue weighted by Crippen LogP contribution is 2.24. The number of ether oxygens (including phenoxy) is 1. The predicted octanol–water partition coefficient (Wildman–Crippen LogP) is 4.43. The van der Waals surface area contributed by atoms with Gasteiger partial charge in [0.2, 0.25) is 0 Å². The van der Waals surface area contributed by atoms with Gasteiger partial charge in [-0.1, -0.05) is 42.5 Å². The number of nitrogens with zero attached hydrogens (tertiary/aromatic N) is 2. The Morgan fingerprint density at radius 1 is 1.04 bits per heavy atom. The van der Waals surface area contributed by atoms with Gasteiger partial charge in [-0.2, -0.15) is 5.10 Å². The maximum atomic E-state index is 13.7. The van der Waals surface area contributed by atoms with Crippen molar-refractivity contribution in [3.8, 4) is 11.5 Å². The summed E-state index contributed by atoms with van der Waals surface area (Å²) in [6, 6.07) is 20.9. The van der Waals surface area contributed by atoms with Crippen LogP contribution in [0.5, 0.6) is 11.5 Å². The topological polar surface area (TPSA) is 56.2 Å². The normalized spacial score (nSPS) is 10.8. The van der Waals surface area contributed by atoms with Crippen LogP contribution in [-0.2, 0) is 13.6 Å². The molecule has 1 amide bonds. The fraction of sp³-hybridized carbons (Fsp3) is 0.0909. The van der Waals surface area contributed by atoms with Crippen LogP contribution in [0.4, 0.5) is 4.39 Å². The van der Waals surface area contributed by atoms with Gasteiger partial charge in [-0.25, -0.2) is 4.39 Å². The molecule has 4 rings (SSSR count). The third-order valence-corrected chi connectivity index (χ3v) is 4.40. The molecule has 1 aromatic heterocycles. The van der Waals surface area contributed by atoms with E-state index >= 15 is 0 Å². The summed E-state index contributed by atoms with van der Waals surface area (Å²) in [5, 5.41) is 8.08. The van der Waals surface area contributed by atoms with E-state index in [0.29, 0.717) is 18.0 Å². The summed E-state index contributed by atoms with van der Waals surface area (Å²) in [5.41, 5.74) is 2.21. The number of aromatic nitrogens is 2. The Labute approximate surface area is 161 Å². The molecule has 4 aromatic rings. The number of fused-ring (bicyclic) bond motifs is 1. The number of benzene rings is 3. The average Bonchev–Trinajstić information content (AvgIpc) is 3.05. The van der Waals surface area contributed by atoms with E-state index in [1.54, 1.807) is 42.1 Å². The molecule has 140 valence electrons. The van der Waals surface area contributed by atoms with Crippen LogP contribution >= 0.6 is 0 Å². The molecule has 0 spiro atoms. The minimum absolute atomic E-state index is 0.173. The molecule has 0 atom stereocenters. The lowest BCUT2D eigenvalue weighted by molar-refractivity contribution is 0.0943. The van der Waals surface area contributed by atoms with E-state index in [-0.39, 0.29) is 11.7 Å². The van der Waals surface area contributed by atoms with Gasteiger partial charge in [0.15, 0.2) is 11.6 Å². The summed E-state index contributed by atoms with van der Waals surface area (Å²) in [5.74, 6) is 0.0922. The third-order valence-electron chi connectivity index (χ3n) is 4.40. The molecule has 0 saturated heterocycles. The van der Waals surface area contributed by atoms with Crippen molar-refractivity contribution < 1.29 is 13.9 Å². The summed E-state index contributed by atoms with van der Waals surface area (Å²) in [6.45, 7) is 0.359. The second-order valence-electron chi connectivity index (χ2n) is 6.35. The van der Waals surface area contributed by atoms with Gasteiger partial charge < -0.3 is 10.1 Å². The van der Waals surface area contributed by atoms with Gasteiger partial charge in [0.25, 0.3) is 5.91 Å². The van der Waals surface area contributed by atoms with Crippen molar-refractivity contribution >= 4 is 16.8 Å². The molecule has 0 aliphatic rings. The molecule has 0 radical (unpaired) electrons. The zero-order chi connectivity index (χ0) is 19.5. The largest absolute Gasteiger partial charge is 0.454 e. The highest BCUT2D eigenvalue weighted by atomic mass is 19.1. The summed E-state index contributed by atoms with van der Waals surface area (Å²) in [7, 11) is 1.75. The molecule has 1 N–H and O–H groups in total. The zero-order valence-electron chi connectivity index (χ0n) is 15.2. The van der Waals surface area contributed by atoms with E-state index in [1.807, 2.05) is 36.4 Å². The number of halogens is 1. The van der Waals surface area contributed by atoms with Gasteiger partial charge in [0, 0.05) is 19.0 Å². The molecule has 0 aliphatic heterocycles. The van der Waals surface area contributed by atoms with Gasteiger partial charge >= 0.3 is 0 Å². The summed E-state index contributed by atoms with van der Waals surface area (Å²) in [4.78, 5) is 12.6. The summed E-state index contributed by atoms with van der Waals surface area (Å²) >= 11 is 0. The lowest BCUT2D eigenvalue weighted by Crippen LogP contribution is -2.25. The average molecular weight is 375 g/mol. The summed E-state index contributed by atoms with van der Waals surface area (Å²) in [6.07, 6.45) is 0. The lowest BCUT2D eigenvalue weighted by Gasteiger charge is -2.09. The summed E-state index contributed by atoms with van der Waals surface area (Å²) < 4.78 is 20.8. The van der Waals surface area contributed by atoms with Crippen LogP contribution in [0, 0.1) is 5.82 Å². The first-order valence-corrected chi connectivity index (χ1v) is 8.83. The number of hydrogen-bond acceptors (Lipinski definition) is 3. The van der Waals surface area contributed by atoms with E-state index in [0.717, 1.165) is 16.5 Å². The standard InChI is InChI=1S/C22H18FN3O2/c1-26-21(17-6-2-4-8-19(17)25-26)22(27)24-14-15-10-12-16(13-11-15)28-20-9-5-3-7-18(20)23/h2-13H,14H2,1H3,(H,24,27). The number of amides is 1. The van der Waals surface area contributed by atoms with E-state index in [4.69, 9.17) is 4.74 Å². The Morgan fingerprint density at radius 2 is 1.75 bits per heavy atom. The number of hydrogen-bond donors (Lipinski definition) is 1. The molecule has 6 heteroatoms. The molecule has 0 fully saturated rings. The Hall–Kier alpha value is -3.67. The molecule has 28 heavy (non-hydrogen) atoms. The molecular weight excluding hydrogens is 357 g/mol. The fourth-order valence-corrected chi connectivity index (χ4v) is 3.01. The Kier molecular flexibility index (Phi) is 4.76. The fourth-order valence-electron chi connectivity index (χ4n) is 3.01. The smallest absolute Gasteiger partial charge is 0.270 e. The molecule has 0 saturated carbocycles. The second kappa shape index (κ2) is 7.52. The first kappa shape index (κ1) is 17.7. The van der Waals surface area contributed by atoms with E-state index in [9.17, 15) is 9.18 Å². The Balaban J connectivity index is 1.43. The zero-order valence-corrected chi connectivity index (χ0v) is 15.2. The third kappa shape index (κ3) is 3.57. The van der Waals surface area contributed by atoms with Crippen LogP contribution in [0.25, 0.3) is 10.9 Å². The number of aryl methyl sites for hydroxylation is 1. The van der Waals surface area contributed by atoms with Crippen molar-refractivity contribution in [1.82, 2.24) is 15.1 Å². The van der Waals surface area contributed by atoms with Crippen molar-refractivity contribution in [2.75, 3.05) is 0 Å². The first-order valence-electron chi connectivity index (χ1n) is 8.83. The van der Waals surface area contributed by atoms with Gasteiger partial charge in [0.05, 0.1) is 5.52 Å². The van der Waals surface area contributed by atoms with Crippen molar-refractivity contribution in [2.24, 2.45) is 7.05 Å². The maximum Gasteiger partial charge on any atom is 0.270 e. The van der Waals surface area contributed by atoms with Gasteiger partial charge in [-0.15, -0.1) is 0 Å².